The van der Waals surface area contributed by atoms with Crippen molar-refractivity contribution < 1.29 is 14.2 Å². The van der Waals surface area contributed by atoms with Crippen LogP contribution in [0.1, 0.15) is 30.9 Å². The number of hydrogen-bond donors (Lipinski definition) is 0. The van der Waals surface area contributed by atoms with Crippen LogP contribution in [-0.4, -0.2) is 20.3 Å². The van der Waals surface area contributed by atoms with Crippen molar-refractivity contribution in [2.45, 2.75) is 37.7 Å². The van der Waals surface area contributed by atoms with Crippen LogP contribution in [-0.2, 0) is 16.6 Å². The van der Waals surface area contributed by atoms with Crippen LogP contribution in [0.3, 0.4) is 0 Å². The Hall–Kier alpha value is -1.90. The summed E-state index contributed by atoms with van der Waals surface area (Å²) >= 11 is 0. The summed E-state index contributed by atoms with van der Waals surface area (Å²) in [7, 11) is 3.47. The Morgan fingerprint density at radius 2 is 2.00 bits per heavy atom. The lowest BCUT2D eigenvalue weighted by Crippen LogP contribution is -2.54. The van der Waals surface area contributed by atoms with Gasteiger partial charge in [0.25, 0.3) is 0 Å². The van der Waals surface area contributed by atoms with Gasteiger partial charge in [0.2, 0.25) is 0 Å². The van der Waals surface area contributed by atoms with Crippen molar-refractivity contribution in [3.63, 3.8) is 0 Å². The van der Waals surface area contributed by atoms with Gasteiger partial charge in [-0.1, -0.05) is 24.6 Å². The van der Waals surface area contributed by atoms with E-state index in [4.69, 9.17) is 14.2 Å². The average Bonchev–Trinajstić information content (AvgIpc) is 2.94. The third kappa shape index (κ3) is 1.38. The number of allylic oxidation sites excluding steroid dienone is 2. The molecule has 0 saturated heterocycles. The van der Waals surface area contributed by atoms with E-state index in [0.29, 0.717) is 11.8 Å². The van der Waals surface area contributed by atoms with E-state index in [1.54, 1.807) is 19.8 Å². The van der Waals surface area contributed by atoms with Crippen molar-refractivity contribution in [1.29, 1.82) is 0 Å². The molecule has 2 bridgehead atoms. The number of hydrogen-bond acceptors (Lipinski definition) is 3. The molecule has 120 valence electrons. The van der Waals surface area contributed by atoms with Gasteiger partial charge in [0, 0.05) is 5.56 Å². The summed E-state index contributed by atoms with van der Waals surface area (Å²) in [6, 6.07) is 4.31. The maximum atomic E-state index is 6.52. The van der Waals surface area contributed by atoms with Crippen molar-refractivity contribution >= 4 is 0 Å². The van der Waals surface area contributed by atoms with Gasteiger partial charge >= 0.3 is 0 Å². The van der Waals surface area contributed by atoms with Crippen LogP contribution >= 0.6 is 0 Å². The normalized spacial score (nSPS) is 35.7. The predicted molar refractivity (Wildman–Crippen MR) is 87.9 cm³/mol. The quantitative estimate of drug-likeness (QED) is 0.832. The fourth-order valence-corrected chi connectivity index (χ4v) is 5.57. The first-order chi connectivity index (χ1) is 11.2. The van der Waals surface area contributed by atoms with E-state index in [0.717, 1.165) is 23.7 Å². The molecular formula is C20H22O3. The number of benzene rings is 1. The van der Waals surface area contributed by atoms with Gasteiger partial charge in [0.05, 0.1) is 19.6 Å². The minimum absolute atomic E-state index is 0.0457. The van der Waals surface area contributed by atoms with Crippen LogP contribution in [0.4, 0.5) is 0 Å². The predicted octanol–water partition coefficient (Wildman–Crippen LogP) is 3.77. The zero-order chi connectivity index (χ0) is 15.8. The molecule has 1 aromatic rings. The van der Waals surface area contributed by atoms with Crippen LogP contribution < -0.4 is 9.47 Å². The number of methoxy groups -OCH3 is 2. The molecule has 5 rings (SSSR count). The minimum Gasteiger partial charge on any atom is -0.497 e. The maximum Gasteiger partial charge on any atom is 0.169 e. The highest BCUT2D eigenvalue weighted by atomic mass is 16.6. The third-order valence-corrected chi connectivity index (χ3v) is 6.52. The Bertz CT molecular complexity index is 760. The lowest BCUT2D eigenvalue weighted by molar-refractivity contribution is 0.0669. The van der Waals surface area contributed by atoms with Crippen LogP contribution in [0.5, 0.6) is 11.5 Å². The minimum atomic E-state index is -0.0551. The van der Waals surface area contributed by atoms with Crippen LogP contribution in [0.15, 0.2) is 35.6 Å². The zero-order valence-electron chi connectivity index (χ0n) is 13.9. The van der Waals surface area contributed by atoms with Crippen LogP contribution in [0.25, 0.3) is 0 Å². The molecule has 1 heterocycles. The van der Waals surface area contributed by atoms with Gasteiger partial charge in [-0.05, 0) is 48.8 Å². The number of ether oxygens (including phenoxy) is 3. The molecule has 4 aliphatic rings. The lowest BCUT2D eigenvalue weighted by atomic mass is 9.50. The van der Waals surface area contributed by atoms with Crippen molar-refractivity contribution in [2.75, 3.05) is 14.2 Å². The first-order valence-corrected chi connectivity index (χ1v) is 8.55. The molecule has 4 atom stereocenters. The maximum absolute atomic E-state index is 6.52. The second kappa shape index (κ2) is 4.34. The molecule has 3 nitrogen and oxygen atoms in total. The van der Waals surface area contributed by atoms with E-state index in [2.05, 4.69) is 31.2 Å². The van der Waals surface area contributed by atoms with Crippen molar-refractivity contribution in [1.82, 2.24) is 0 Å². The molecular weight excluding hydrogens is 288 g/mol. The molecule has 0 radical (unpaired) electrons. The molecule has 23 heavy (non-hydrogen) atoms. The smallest absolute Gasteiger partial charge is 0.169 e. The third-order valence-electron chi connectivity index (χ3n) is 6.52. The first kappa shape index (κ1) is 13.5. The SMILES string of the molecule is COC1=CC=C2[C@@H]3CC[C@H](C)[C@@]24c2c(ccc(OC)c2O[C@@H]14)C3. The highest BCUT2D eigenvalue weighted by Gasteiger charge is 2.63. The van der Waals surface area contributed by atoms with E-state index >= 15 is 0 Å². The second-order valence-electron chi connectivity index (χ2n) is 7.27. The molecule has 1 aliphatic heterocycles. The molecule has 1 fully saturated rings. The van der Waals surface area contributed by atoms with E-state index in [1.165, 1.54) is 24.0 Å². The standard InChI is InChI=1S/C20H22O3/c1-11-4-5-12-10-13-6-8-15(21-2)18-17(13)20(11)14(12)7-9-16(22-3)19(20)23-18/h6-9,11-12,19H,4-5,10H2,1-3H3/t11-,12+,19-,20-/m0/s1. The molecule has 1 spiro atoms. The topological polar surface area (TPSA) is 27.7 Å². The highest BCUT2D eigenvalue weighted by molar-refractivity contribution is 5.67. The Morgan fingerprint density at radius 3 is 2.78 bits per heavy atom. The highest BCUT2D eigenvalue weighted by Crippen LogP contribution is 2.66. The van der Waals surface area contributed by atoms with Gasteiger partial charge < -0.3 is 14.2 Å². The summed E-state index contributed by atoms with van der Waals surface area (Å²) in [5, 5.41) is 0. The van der Waals surface area contributed by atoms with E-state index in [-0.39, 0.29) is 11.5 Å². The molecule has 1 saturated carbocycles. The van der Waals surface area contributed by atoms with Crippen LogP contribution in [0.2, 0.25) is 0 Å². The molecule has 0 aromatic heterocycles. The molecule has 1 aromatic carbocycles. The Labute approximate surface area is 136 Å². The summed E-state index contributed by atoms with van der Waals surface area (Å²) in [6.45, 7) is 2.38. The van der Waals surface area contributed by atoms with Crippen LogP contribution in [0, 0.1) is 11.8 Å². The summed E-state index contributed by atoms with van der Waals surface area (Å²) in [6.07, 6.45) is 8.03. The first-order valence-electron chi connectivity index (χ1n) is 8.55. The Morgan fingerprint density at radius 1 is 1.13 bits per heavy atom. The van der Waals surface area contributed by atoms with Gasteiger partial charge in [-0.15, -0.1) is 0 Å². The fourth-order valence-electron chi connectivity index (χ4n) is 5.57. The average molecular weight is 310 g/mol. The van der Waals surface area contributed by atoms with Crippen molar-refractivity contribution in [2.24, 2.45) is 11.8 Å². The second-order valence-corrected chi connectivity index (χ2v) is 7.27. The van der Waals surface area contributed by atoms with Gasteiger partial charge in [0.1, 0.15) is 5.76 Å². The van der Waals surface area contributed by atoms with E-state index in [9.17, 15) is 0 Å². The van der Waals surface area contributed by atoms with E-state index < -0.39 is 0 Å². The summed E-state index contributed by atoms with van der Waals surface area (Å²) < 4.78 is 17.8. The Balaban J connectivity index is 1.87. The fraction of sp³-hybridized carbons (Fsp3) is 0.500. The monoisotopic (exact) mass is 310 g/mol. The summed E-state index contributed by atoms with van der Waals surface area (Å²) in [4.78, 5) is 0. The van der Waals surface area contributed by atoms with Crippen molar-refractivity contribution in [3.05, 3.63) is 46.7 Å². The molecule has 0 unspecified atom stereocenters. The van der Waals surface area contributed by atoms with Gasteiger partial charge in [-0.25, -0.2) is 0 Å². The Kier molecular flexibility index (Phi) is 2.55. The molecule has 0 N–H and O–H groups in total. The number of rotatable bonds is 2. The van der Waals surface area contributed by atoms with Gasteiger partial charge in [-0.2, -0.15) is 0 Å². The largest absolute Gasteiger partial charge is 0.497 e. The van der Waals surface area contributed by atoms with E-state index in [1.807, 2.05) is 0 Å². The molecule has 3 aliphatic carbocycles. The summed E-state index contributed by atoms with van der Waals surface area (Å²) in [5.41, 5.74) is 4.32. The lowest BCUT2D eigenvalue weighted by Gasteiger charge is -2.53. The summed E-state index contributed by atoms with van der Waals surface area (Å²) in [5.74, 6) is 3.91. The molecule has 0 amide bonds. The van der Waals surface area contributed by atoms with Gasteiger partial charge in [-0.3, -0.25) is 0 Å². The van der Waals surface area contributed by atoms with Crippen molar-refractivity contribution in [3.8, 4) is 11.5 Å². The molecule has 3 heteroatoms. The van der Waals surface area contributed by atoms with Gasteiger partial charge in [0.15, 0.2) is 17.6 Å². The zero-order valence-corrected chi connectivity index (χ0v) is 13.9.